The lowest BCUT2D eigenvalue weighted by Gasteiger charge is -2.20. The van der Waals surface area contributed by atoms with E-state index in [4.69, 9.17) is 11.6 Å². The van der Waals surface area contributed by atoms with Crippen LogP contribution in [0, 0.1) is 0 Å². The van der Waals surface area contributed by atoms with Gasteiger partial charge in [0.25, 0.3) is 0 Å². The number of carbonyl (C=O) groups excluding carboxylic acids is 1. The molecule has 0 heterocycles. The van der Waals surface area contributed by atoms with Crippen LogP contribution < -0.4 is 4.72 Å². The van der Waals surface area contributed by atoms with Crippen LogP contribution >= 0.6 is 11.6 Å². The molecule has 5 nitrogen and oxygen atoms in total. The standard InChI is InChI=1S/C20H22ClNO4S/c1-13(15-8-7-14-5-3-4-6-16(14)11-15)22-27(24,25)17-9-10-19(21)18(12-17)20(23)26-2/h7-13,22H,3-6H2,1-2H3/t13-/m0/s1. The van der Waals surface area contributed by atoms with Gasteiger partial charge in [-0.2, -0.15) is 0 Å². The number of ether oxygens (including phenoxy) is 1. The summed E-state index contributed by atoms with van der Waals surface area (Å²) in [6.45, 7) is 1.80. The van der Waals surface area contributed by atoms with Gasteiger partial charge in [-0.1, -0.05) is 29.8 Å². The zero-order valence-electron chi connectivity index (χ0n) is 15.3. The van der Waals surface area contributed by atoms with E-state index in [1.165, 1.54) is 42.9 Å². The molecule has 3 rings (SSSR count). The Morgan fingerprint density at radius 3 is 2.52 bits per heavy atom. The van der Waals surface area contributed by atoms with E-state index in [-0.39, 0.29) is 15.5 Å². The Morgan fingerprint density at radius 1 is 1.11 bits per heavy atom. The quantitative estimate of drug-likeness (QED) is 0.759. The number of aryl methyl sites for hydroxylation is 2. The molecule has 27 heavy (non-hydrogen) atoms. The van der Waals surface area contributed by atoms with Crippen molar-refractivity contribution in [1.82, 2.24) is 4.72 Å². The van der Waals surface area contributed by atoms with Crippen LogP contribution in [-0.4, -0.2) is 21.5 Å². The molecular weight excluding hydrogens is 386 g/mol. The fourth-order valence-electron chi connectivity index (χ4n) is 3.33. The highest BCUT2D eigenvalue weighted by atomic mass is 35.5. The van der Waals surface area contributed by atoms with Gasteiger partial charge < -0.3 is 4.74 Å². The summed E-state index contributed by atoms with van der Waals surface area (Å²) >= 11 is 5.97. The van der Waals surface area contributed by atoms with Crippen LogP contribution in [0.3, 0.4) is 0 Å². The van der Waals surface area contributed by atoms with Gasteiger partial charge in [0.2, 0.25) is 10.0 Å². The normalized spacial score (nSPS) is 15.1. The minimum absolute atomic E-state index is 0.0171. The lowest BCUT2D eigenvalue weighted by Crippen LogP contribution is -2.27. The fraction of sp³-hybridized carbons (Fsp3) is 0.350. The van der Waals surface area contributed by atoms with E-state index in [0.717, 1.165) is 24.8 Å². The van der Waals surface area contributed by atoms with E-state index >= 15 is 0 Å². The number of fused-ring (bicyclic) bond motifs is 1. The second-order valence-corrected chi connectivity index (χ2v) is 8.83. The van der Waals surface area contributed by atoms with Gasteiger partial charge in [-0.25, -0.2) is 17.9 Å². The van der Waals surface area contributed by atoms with Gasteiger partial charge in [0, 0.05) is 6.04 Å². The van der Waals surface area contributed by atoms with Gasteiger partial charge in [-0.3, -0.25) is 0 Å². The molecule has 2 aromatic rings. The fourth-order valence-corrected chi connectivity index (χ4v) is 4.78. The average Bonchev–Trinajstić information content (AvgIpc) is 2.66. The maximum absolute atomic E-state index is 12.8. The molecular formula is C20H22ClNO4S. The molecule has 0 saturated carbocycles. The molecule has 0 radical (unpaired) electrons. The second kappa shape index (κ2) is 8.00. The Balaban J connectivity index is 1.85. The van der Waals surface area contributed by atoms with Crippen LogP contribution in [0.1, 0.15) is 52.9 Å². The van der Waals surface area contributed by atoms with Gasteiger partial charge in [0.05, 0.1) is 22.6 Å². The van der Waals surface area contributed by atoms with Crippen molar-refractivity contribution in [2.75, 3.05) is 7.11 Å². The van der Waals surface area contributed by atoms with Crippen LogP contribution in [-0.2, 0) is 27.6 Å². The molecule has 144 valence electrons. The van der Waals surface area contributed by atoms with Crippen molar-refractivity contribution >= 4 is 27.6 Å². The first-order valence-corrected chi connectivity index (χ1v) is 10.7. The number of carbonyl (C=O) groups is 1. The molecule has 0 aliphatic heterocycles. The van der Waals surface area contributed by atoms with E-state index in [0.29, 0.717) is 0 Å². The van der Waals surface area contributed by atoms with E-state index < -0.39 is 22.0 Å². The van der Waals surface area contributed by atoms with Crippen molar-refractivity contribution in [3.63, 3.8) is 0 Å². The predicted molar refractivity (Wildman–Crippen MR) is 105 cm³/mol. The summed E-state index contributed by atoms with van der Waals surface area (Å²) in [5.74, 6) is -0.681. The Bertz CT molecular complexity index is 972. The summed E-state index contributed by atoms with van der Waals surface area (Å²) in [5, 5.41) is 0.142. The lowest BCUT2D eigenvalue weighted by molar-refractivity contribution is 0.0600. The molecule has 0 fully saturated rings. The zero-order chi connectivity index (χ0) is 19.6. The molecule has 0 bridgehead atoms. The predicted octanol–water partition coefficient (Wildman–Crippen LogP) is 4.04. The Kier molecular flexibility index (Phi) is 5.89. The molecule has 1 aliphatic rings. The SMILES string of the molecule is COC(=O)c1cc(S(=O)(=O)N[C@@H](C)c2ccc3c(c2)CCCC3)ccc1Cl. The first-order chi connectivity index (χ1) is 12.8. The number of methoxy groups -OCH3 is 1. The van der Waals surface area contributed by atoms with Crippen molar-refractivity contribution in [2.24, 2.45) is 0 Å². The maximum atomic E-state index is 12.8. The van der Waals surface area contributed by atoms with Crippen molar-refractivity contribution in [2.45, 2.75) is 43.5 Å². The second-order valence-electron chi connectivity index (χ2n) is 6.71. The summed E-state index contributed by atoms with van der Waals surface area (Å²) in [6.07, 6.45) is 4.48. The topological polar surface area (TPSA) is 72.5 Å². The summed E-state index contributed by atoms with van der Waals surface area (Å²) < 4.78 is 32.9. The monoisotopic (exact) mass is 407 g/mol. The van der Waals surface area contributed by atoms with Gasteiger partial charge in [0.1, 0.15) is 0 Å². The third-order valence-corrected chi connectivity index (χ3v) is 6.73. The van der Waals surface area contributed by atoms with E-state index in [1.807, 2.05) is 6.07 Å². The van der Waals surface area contributed by atoms with E-state index in [1.54, 1.807) is 6.92 Å². The van der Waals surface area contributed by atoms with Crippen LogP contribution in [0.25, 0.3) is 0 Å². The van der Waals surface area contributed by atoms with Crippen LogP contribution in [0.15, 0.2) is 41.3 Å². The molecule has 1 N–H and O–H groups in total. The van der Waals surface area contributed by atoms with Crippen LogP contribution in [0.5, 0.6) is 0 Å². The molecule has 0 unspecified atom stereocenters. The maximum Gasteiger partial charge on any atom is 0.339 e. The number of nitrogens with one attached hydrogen (secondary N) is 1. The Labute approximate surface area is 164 Å². The molecule has 1 atom stereocenters. The van der Waals surface area contributed by atoms with Gasteiger partial charge in [-0.15, -0.1) is 0 Å². The lowest BCUT2D eigenvalue weighted by atomic mass is 9.89. The number of benzene rings is 2. The largest absolute Gasteiger partial charge is 0.465 e. The number of hydrogen-bond donors (Lipinski definition) is 1. The molecule has 2 aromatic carbocycles. The Hall–Kier alpha value is -1.89. The van der Waals surface area contributed by atoms with Gasteiger partial charge in [-0.05, 0) is 67.5 Å². The van der Waals surface area contributed by atoms with Crippen LogP contribution in [0.4, 0.5) is 0 Å². The molecule has 0 aromatic heterocycles. The number of sulfonamides is 1. The first-order valence-electron chi connectivity index (χ1n) is 8.83. The smallest absolute Gasteiger partial charge is 0.339 e. The number of hydrogen-bond acceptors (Lipinski definition) is 4. The third-order valence-electron chi connectivity index (χ3n) is 4.86. The highest BCUT2D eigenvalue weighted by molar-refractivity contribution is 7.89. The first kappa shape index (κ1) is 19.9. The highest BCUT2D eigenvalue weighted by Gasteiger charge is 2.22. The van der Waals surface area contributed by atoms with Crippen molar-refractivity contribution < 1.29 is 17.9 Å². The highest BCUT2D eigenvalue weighted by Crippen LogP contribution is 2.26. The molecule has 0 saturated heterocycles. The summed E-state index contributed by atoms with van der Waals surface area (Å²) in [6, 6.07) is 9.73. The van der Waals surface area contributed by atoms with Crippen LogP contribution in [0.2, 0.25) is 5.02 Å². The van der Waals surface area contributed by atoms with Crippen molar-refractivity contribution in [3.05, 3.63) is 63.7 Å². The molecule has 0 amide bonds. The van der Waals surface area contributed by atoms with Crippen molar-refractivity contribution in [1.29, 1.82) is 0 Å². The van der Waals surface area contributed by atoms with E-state index in [9.17, 15) is 13.2 Å². The van der Waals surface area contributed by atoms with E-state index in [2.05, 4.69) is 21.6 Å². The summed E-state index contributed by atoms with van der Waals surface area (Å²) in [4.78, 5) is 11.7. The molecule has 7 heteroatoms. The number of rotatable bonds is 5. The molecule has 0 spiro atoms. The minimum Gasteiger partial charge on any atom is -0.465 e. The number of halogens is 1. The summed E-state index contributed by atoms with van der Waals surface area (Å²) in [5.41, 5.74) is 3.58. The molecule has 1 aliphatic carbocycles. The third kappa shape index (κ3) is 4.34. The van der Waals surface area contributed by atoms with Gasteiger partial charge in [0.15, 0.2) is 0 Å². The summed E-state index contributed by atoms with van der Waals surface area (Å²) in [7, 11) is -2.61. The average molecular weight is 408 g/mol. The number of esters is 1. The van der Waals surface area contributed by atoms with Gasteiger partial charge >= 0.3 is 5.97 Å². The Morgan fingerprint density at radius 2 is 1.81 bits per heavy atom. The minimum atomic E-state index is -3.83. The zero-order valence-corrected chi connectivity index (χ0v) is 16.9. The van der Waals surface area contributed by atoms with Crippen molar-refractivity contribution in [3.8, 4) is 0 Å².